The van der Waals surface area contributed by atoms with Gasteiger partial charge in [0, 0.05) is 56.4 Å². The molecule has 2 aromatic heterocycles. The molecule has 0 unspecified atom stereocenters. The van der Waals surface area contributed by atoms with Crippen molar-refractivity contribution in [1.82, 2.24) is 19.4 Å². The van der Waals surface area contributed by atoms with Gasteiger partial charge in [0.25, 0.3) is 11.5 Å². The van der Waals surface area contributed by atoms with E-state index in [2.05, 4.69) is 27.6 Å². The zero-order valence-electron chi connectivity index (χ0n) is 24.7. The Morgan fingerprint density at radius 2 is 1.67 bits per heavy atom. The first kappa shape index (κ1) is 29.9. The summed E-state index contributed by atoms with van der Waals surface area (Å²) in [6.07, 6.45) is 4.89. The number of fused-ring (bicyclic) bond motifs is 1. The van der Waals surface area contributed by atoms with E-state index in [9.17, 15) is 18.8 Å². The number of nitrogens with one attached hydrogen (secondary N) is 2. The Balaban J connectivity index is 1.08. The summed E-state index contributed by atoms with van der Waals surface area (Å²) in [4.78, 5) is 47.1. The number of anilines is 2. The second-order valence-corrected chi connectivity index (χ2v) is 11.6. The van der Waals surface area contributed by atoms with Crippen molar-refractivity contribution in [3.05, 3.63) is 107 Å². The molecule has 0 bridgehead atoms. The van der Waals surface area contributed by atoms with E-state index < -0.39 is 23.1 Å². The number of likely N-dealkylation sites (tertiary alicyclic amines) is 1. The van der Waals surface area contributed by atoms with Gasteiger partial charge in [-0.25, -0.2) is 18.6 Å². The van der Waals surface area contributed by atoms with Gasteiger partial charge in [-0.15, -0.1) is 0 Å². The molecule has 3 amide bonds. The van der Waals surface area contributed by atoms with E-state index in [4.69, 9.17) is 4.74 Å². The molecule has 1 saturated carbocycles. The molecule has 1 aliphatic heterocycles. The van der Waals surface area contributed by atoms with Crippen LogP contribution in [-0.2, 0) is 0 Å². The molecule has 232 valence electrons. The number of aromatic nitrogens is 2. The maximum atomic E-state index is 15.0. The lowest BCUT2D eigenvalue weighted by atomic mass is 10.0. The van der Waals surface area contributed by atoms with Crippen LogP contribution in [0.4, 0.5) is 25.1 Å². The molecule has 3 atom stereocenters. The second kappa shape index (κ2) is 12.5. The third-order valence-corrected chi connectivity index (χ3v) is 8.46. The largest absolute Gasteiger partial charge is 0.457 e. The van der Waals surface area contributed by atoms with Crippen LogP contribution in [0.3, 0.4) is 0 Å². The quantitative estimate of drug-likeness (QED) is 0.290. The Hall–Kier alpha value is -5.10. The summed E-state index contributed by atoms with van der Waals surface area (Å²) in [6, 6.07) is 14.9. The molecule has 0 radical (unpaired) electrons. The summed E-state index contributed by atoms with van der Waals surface area (Å²) in [5.74, 6) is -0.0583. The van der Waals surface area contributed by atoms with Gasteiger partial charge >= 0.3 is 6.03 Å². The molecule has 10 nitrogen and oxygen atoms in total. The van der Waals surface area contributed by atoms with Crippen LogP contribution in [0.25, 0.3) is 5.69 Å². The maximum Gasteiger partial charge on any atom is 0.323 e. The molecule has 12 heteroatoms. The first-order valence-electron chi connectivity index (χ1n) is 14.6. The fourth-order valence-electron chi connectivity index (χ4n) is 6.18. The highest BCUT2D eigenvalue weighted by molar-refractivity contribution is 6.04. The summed E-state index contributed by atoms with van der Waals surface area (Å²) >= 11 is 0. The molecule has 4 aromatic rings. The van der Waals surface area contributed by atoms with Crippen LogP contribution in [0.1, 0.15) is 23.2 Å². The van der Waals surface area contributed by atoms with Gasteiger partial charge in [0.05, 0.1) is 5.69 Å². The summed E-state index contributed by atoms with van der Waals surface area (Å²) in [7, 11) is 3.93. The van der Waals surface area contributed by atoms with Gasteiger partial charge in [0.2, 0.25) is 0 Å². The van der Waals surface area contributed by atoms with Gasteiger partial charge in [-0.3, -0.25) is 19.5 Å². The number of carbonyl (C=O) groups excluding carboxylic acids is 2. The smallest absolute Gasteiger partial charge is 0.323 e. The van der Waals surface area contributed by atoms with Crippen molar-refractivity contribution in [2.75, 3.05) is 37.8 Å². The van der Waals surface area contributed by atoms with Gasteiger partial charge < -0.3 is 19.9 Å². The van der Waals surface area contributed by atoms with Crippen LogP contribution in [0.2, 0.25) is 0 Å². The molecule has 1 aliphatic carbocycles. The average molecular weight is 615 g/mol. The van der Waals surface area contributed by atoms with Crippen LogP contribution >= 0.6 is 0 Å². The fourth-order valence-corrected chi connectivity index (χ4v) is 6.18. The van der Waals surface area contributed by atoms with E-state index in [0.717, 1.165) is 32.0 Å². The SMILES string of the molecule is CN1C[C@H]2C[C@H](N(C)C(=O)Nc3cc(Oc4ccc(NC(=O)c5cccn(-c6ccc(F)cc6)c5=O)c(F)c4)ccn3)C[C@H]2C1. The lowest BCUT2D eigenvalue weighted by molar-refractivity contribution is 0.102. The van der Waals surface area contributed by atoms with Crippen molar-refractivity contribution >= 4 is 23.4 Å². The Morgan fingerprint density at radius 3 is 2.38 bits per heavy atom. The molecule has 3 heterocycles. The van der Waals surface area contributed by atoms with Crippen LogP contribution in [0, 0.1) is 23.5 Å². The van der Waals surface area contributed by atoms with Gasteiger partial charge in [-0.05, 0) is 86.3 Å². The summed E-state index contributed by atoms with van der Waals surface area (Å²) in [5, 5.41) is 5.24. The van der Waals surface area contributed by atoms with E-state index in [0.29, 0.717) is 29.1 Å². The second-order valence-electron chi connectivity index (χ2n) is 11.6. The van der Waals surface area contributed by atoms with Crippen molar-refractivity contribution in [1.29, 1.82) is 0 Å². The molecule has 6 rings (SSSR count). The minimum atomic E-state index is -0.809. The maximum absolute atomic E-state index is 15.0. The molecular formula is C33H32F2N6O4. The molecule has 0 spiro atoms. The van der Waals surface area contributed by atoms with Gasteiger partial charge in [-0.2, -0.15) is 0 Å². The van der Waals surface area contributed by atoms with Crippen molar-refractivity contribution in [2.45, 2.75) is 18.9 Å². The number of pyridine rings is 2. The third-order valence-electron chi connectivity index (χ3n) is 8.46. The van der Waals surface area contributed by atoms with Crippen LogP contribution in [0.15, 0.2) is 83.9 Å². The monoisotopic (exact) mass is 614 g/mol. The lowest BCUT2D eigenvalue weighted by Gasteiger charge is -2.26. The molecule has 2 fully saturated rings. The molecule has 45 heavy (non-hydrogen) atoms. The Kier molecular flexibility index (Phi) is 8.31. The fraction of sp³-hybridized carbons (Fsp3) is 0.273. The number of benzene rings is 2. The van der Waals surface area contributed by atoms with Crippen molar-refractivity contribution in [3.8, 4) is 17.2 Å². The Bertz CT molecular complexity index is 1780. The number of amides is 3. The van der Waals surface area contributed by atoms with Crippen molar-refractivity contribution in [2.24, 2.45) is 11.8 Å². The number of ether oxygens (including phenoxy) is 1. The predicted octanol–water partition coefficient (Wildman–Crippen LogP) is 5.36. The third kappa shape index (κ3) is 6.55. The summed E-state index contributed by atoms with van der Waals surface area (Å²) < 4.78 is 35.3. The Morgan fingerprint density at radius 1 is 0.956 bits per heavy atom. The van der Waals surface area contributed by atoms with Crippen molar-refractivity contribution < 1.29 is 23.1 Å². The number of halogens is 2. The van der Waals surface area contributed by atoms with E-state index in [1.807, 2.05) is 0 Å². The first-order chi connectivity index (χ1) is 21.6. The number of hydrogen-bond donors (Lipinski definition) is 2. The highest BCUT2D eigenvalue weighted by Gasteiger charge is 2.41. The lowest BCUT2D eigenvalue weighted by Crippen LogP contribution is -2.39. The number of nitrogens with zero attached hydrogens (tertiary/aromatic N) is 4. The summed E-state index contributed by atoms with van der Waals surface area (Å²) in [6.45, 7) is 2.14. The average Bonchev–Trinajstić information content (AvgIpc) is 3.56. The normalized spacial score (nSPS) is 19.2. The van der Waals surface area contributed by atoms with Gasteiger partial charge in [-0.1, -0.05) is 0 Å². The van der Waals surface area contributed by atoms with E-state index in [1.54, 1.807) is 24.1 Å². The molecule has 2 aliphatic rings. The van der Waals surface area contributed by atoms with Crippen LogP contribution in [0.5, 0.6) is 11.5 Å². The molecular weight excluding hydrogens is 582 g/mol. The van der Waals surface area contributed by atoms with E-state index in [1.165, 1.54) is 65.5 Å². The highest BCUT2D eigenvalue weighted by atomic mass is 19.1. The standard InChI is InChI=1S/C33H32F2N6O4/c1-39-18-20-14-24(15-21(20)19-39)40(2)33(44)38-30-17-26(11-12-36-30)45-25-9-10-29(28(35)16-25)37-31(42)27-4-3-13-41(32(27)43)23-7-5-22(34)6-8-23/h3-13,16-17,20-21,24H,14-15,18-19H2,1-2H3,(H,37,42)(H,36,38,44)/t20-,21+,24+. The van der Waals surface area contributed by atoms with Crippen molar-refractivity contribution in [3.63, 3.8) is 0 Å². The topological polar surface area (TPSA) is 109 Å². The molecule has 2 aromatic carbocycles. The highest BCUT2D eigenvalue weighted by Crippen LogP contribution is 2.39. The predicted molar refractivity (Wildman–Crippen MR) is 165 cm³/mol. The first-order valence-corrected chi connectivity index (χ1v) is 14.6. The number of hydrogen-bond acceptors (Lipinski definition) is 6. The van der Waals surface area contributed by atoms with Crippen LogP contribution in [-0.4, -0.2) is 64.5 Å². The van der Waals surface area contributed by atoms with E-state index >= 15 is 4.39 Å². The van der Waals surface area contributed by atoms with Crippen LogP contribution < -0.4 is 20.9 Å². The zero-order valence-corrected chi connectivity index (χ0v) is 24.7. The molecule has 1 saturated heterocycles. The summed E-state index contributed by atoms with van der Waals surface area (Å²) in [5.41, 5.74) is -0.648. The van der Waals surface area contributed by atoms with Gasteiger partial charge in [0.1, 0.15) is 34.5 Å². The Labute approximate surface area is 258 Å². The number of carbonyl (C=O) groups is 2. The number of urea groups is 1. The number of rotatable bonds is 7. The van der Waals surface area contributed by atoms with Gasteiger partial charge in [0.15, 0.2) is 0 Å². The van der Waals surface area contributed by atoms with E-state index in [-0.39, 0.29) is 29.1 Å². The minimum absolute atomic E-state index is 0.145. The minimum Gasteiger partial charge on any atom is -0.457 e. The zero-order chi connectivity index (χ0) is 31.7. The molecule has 2 N–H and O–H groups in total.